The minimum Gasteiger partial charge on any atom is -0.444 e. The highest BCUT2D eigenvalue weighted by molar-refractivity contribution is 7.18. The van der Waals surface area contributed by atoms with Crippen molar-refractivity contribution in [2.24, 2.45) is 0 Å². The van der Waals surface area contributed by atoms with Crippen LogP contribution in [-0.2, 0) is 22.5 Å². The number of benzene rings is 1. The number of ether oxygens (including phenoxy) is 1. The predicted molar refractivity (Wildman–Crippen MR) is 126 cm³/mol. The molecular weight excluding hydrogens is 430 g/mol. The van der Waals surface area contributed by atoms with Crippen LogP contribution in [0.1, 0.15) is 38.1 Å². The van der Waals surface area contributed by atoms with Crippen molar-refractivity contribution in [1.29, 1.82) is 0 Å². The number of rotatable bonds is 3. The van der Waals surface area contributed by atoms with Gasteiger partial charge >= 0.3 is 6.09 Å². The maximum Gasteiger partial charge on any atom is 0.410 e. The van der Waals surface area contributed by atoms with E-state index in [2.05, 4.69) is 5.32 Å². The first kappa shape index (κ1) is 21.5. The Morgan fingerprint density at radius 3 is 2.61 bits per heavy atom. The minimum atomic E-state index is -0.534. The molecule has 0 unspecified atom stereocenters. The van der Waals surface area contributed by atoms with Gasteiger partial charge in [0.15, 0.2) is 0 Å². The van der Waals surface area contributed by atoms with Crippen LogP contribution in [0.2, 0.25) is 0 Å². The molecule has 0 radical (unpaired) electrons. The summed E-state index contributed by atoms with van der Waals surface area (Å²) in [5.74, 6) is -0.122. The number of hydrogen-bond donors (Lipinski definition) is 1. The lowest BCUT2D eigenvalue weighted by Crippen LogP contribution is -2.39. The SMILES string of the molecule is CC(=O)Nc1sc2c(c1-c1nc(-c3ccccc3)cs1)CCN(C(=O)OC(C)(C)C)C2. The first-order valence-electron chi connectivity index (χ1n) is 10.1. The molecule has 4 rings (SSSR count). The molecule has 3 aromatic rings. The molecule has 2 aromatic heterocycles. The van der Waals surface area contributed by atoms with E-state index in [4.69, 9.17) is 9.72 Å². The Morgan fingerprint density at radius 2 is 1.94 bits per heavy atom. The highest BCUT2D eigenvalue weighted by atomic mass is 32.1. The Kier molecular flexibility index (Phi) is 5.85. The molecule has 3 heterocycles. The zero-order valence-electron chi connectivity index (χ0n) is 18.0. The molecule has 1 aromatic carbocycles. The van der Waals surface area contributed by atoms with Crippen molar-refractivity contribution in [2.75, 3.05) is 11.9 Å². The summed E-state index contributed by atoms with van der Waals surface area (Å²) in [7, 11) is 0. The van der Waals surface area contributed by atoms with Gasteiger partial charge in [0.1, 0.15) is 15.6 Å². The lowest BCUT2D eigenvalue weighted by Gasteiger charge is -2.30. The van der Waals surface area contributed by atoms with E-state index in [0.717, 1.165) is 37.3 Å². The number of hydrogen-bond acceptors (Lipinski definition) is 6. The second-order valence-electron chi connectivity index (χ2n) is 8.44. The number of anilines is 1. The van der Waals surface area contributed by atoms with Gasteiger partial charge in [0.2, 0.25) is 5.91 Å². The summed E-state index contributed by atoms with van der Waals surface area (Å²) < 4.78 is 5.54. The van der Waals surface area contributed by atoms with Gasteiger partial charge in [-0.2, -0.15) is 0 Å². The van der Waals surface area contributed by atoms with Crippen LogP contribution in [0, 0.1) is 0 Å². The van der Waals surface area contributed by atoms with Crippen molar-refractivity contribution in [3.8, 4) is 21.8 Å². The number of amides is 2. The molecule has 0 bridgehead atoms. The average molecular weight is 456 g/mol. The monoisotopic (exact) mass is 455 g/mol. The molecule has 0 saturated heterocycles. The van der Waals surface area contributed by atoms with Gasteiger partial charge in [-0.3, -0.25) is 4.79 Å². The molecule has 6 nitrogen and oxygen atoms in total. The fourth-order valence-electron chi connectivity index (χ4n) is 3.49. The van der Waals surface area contributed by atoms with Crippen LogP contribution in [0.25, 0.3) is 21.8 Å². The highest BCUT2D eigenvalue weighted by Crippen LogP contribution is 2.45. The van der Waals surface area contributed by atoms with Crippen LogP contribution < -0.4 is 5.32 Å². The molecule has 0 atom stereocenters. The Balaban J connectivity index is 1.67. The van der Waals surface area contributed by atoms with E-state index < -0.39 is 5.60 Å². The third-order valence-electron chi connectivity index (χ3n) is 4.79. The van der Waals surface area contributed by atoms with Crippen molar-refractivity contribution in [2.45, 2.75) is 46.3 Å². The van der Waals surface area contributed by atoms with Crippen LogP contribution in [0.3, 0.4) is 0 Å². The number of nitrogens with one attached hydrogen (secondary N) is 1. The topological polar surface area (TPSA) is 71.5 Å². The summed E-state index contributed by atoms with van der Waals surface area (Å²) >= 11 is 3.08. The van der Waals surface area contributed by atoms with Crippen molar-refractivity contribution in [1.82, 2.24) is 9.88 Å². The van der Waals surface area contributed by atoms with Crippen LogP contribution in [0.4, 0.5) is 9.80 Å². The van der Waals surface area contributed by atoms with Gasteiger partial charge in [0.05, 0.1) is 12.2 Å². The summed E-state index contributed by atoms with van der Waals surface area (Å²) in [6.07, 6.45) is 0.384. The Morgan fingerprint density at radius 1 is 1.19 bits per heavy atom. The molecule has 31 heavy (non-hydrogen) atoms. The molecule has 0 fully saturated rings. The van der Waals surface area contributed by atoms with Crippen LogP contribution in [0.15, 0.2) is 35.7 Å². The Bertz CT molecular complexity index is 1110. The molecule has 0 aliphatic carbocycles. The highest BCUT2D eigenvalue weighted by Gasteiger charge is 2.31. The van der Waals surface area contributed by atoms with Gasteiger partial charge < -0.3 is 15.0 Å². The van der Waals surface area contributed by atoms with E-state index in [1.165, 1.54) is 18.3 Å². The third-order valence-corrected chi connectivity index (χ3v) is 6.78. The van der Waals surface area contributed by atoms with Crippen molar-refractivity contribution < 1.29 is 14.3 Å². The largest absolute Gasteiger partial charge is 0.444 e. The molecule has 162 valence electrons. The maximum atomic E-state index is 12.6. The Hall–Kier alpha value is -2.71. The van der Waals surface area contributed by atoms with Crippen molar-refractivity contribution in [3.05, 3.63) is 46.2 Å². The molecule has 8 heteroatoms. The van der Waals surface area contributed by atoms with Gasteiger partial charge in [0, 0.05) is 34.9 Å². The second kappa shape index (κ2) is 8.43. The summed E-state index contributed by atoms with van der Waals surface area (Å²) in [5.41, 5.74) is 3.58. The number of nitrogens with zero attached hydrogens (tertiary/aromatic N) is 2. The van der Waals surface area contributed by atoms with Crippen LogP contribution in [-0.4, -0.2) is 34.0 Å². The second-order valence-corrected chi connectivity index (χ2v) is 10.4. The van der Waals surface area contributed by atoms with E-state index in [-0.39, 0.29) is 12.0 Å². The van der Waals surface area contributed by atoms with Crippen LogP contribution >= 0.6 is 22.7 Å². The molecule has 1 aliphatic heterocycles. The summed E-state index contributed by atoms with van der Waals surface area (Å²) in [5, 5.41) is 6.69. The van der Waals surface area contributed by atoms with E-state index in [1.807, 2.05) is 56.5 Å². The fraction of sp³-hybridized carbons (Fsp3) is 0.348. The van der Waals surface area contributed by atoms with Crippen molar-refractivity contribution in [3.63, 3.8) is 0 Å². The number of carbonyl (C=O) groups excluding carboxylic acids is 2. The quantitative estimate of drug-likeness (QED) is 0.543. The van der Waals surface area contributed by atoms with Crippen LogP contribution in [0.5, 0.6) is 0 Å². The zero-order chi connectivity index (χ0) is 22.2. The fourth-order valence-corrected chi connectivity index (χ4v) is 5.77. The zero-order valence-corrected chi connectivity index (χ0v) is 19.7. The van der Waals surface area contributed by atoms with E-state index in [0.29, 0.717) is 19.5 Å². The molecule has 1 N–H and O–H groups in total. The molecule has 0 saturated carbocycles. The normalized spacial score (nSPS) is 13.6. The van der Waals surface area contributed by atoms with E-state index in [1.54, 1.807) is 16.2 Å². The summed E-state index contributed by atoms with van der Waals surface area (Å²) in [4.78, 5) is 32.1. The number of thiazole rings is 1. The number of fused-ring (bicyclic) bond motifs is 1. The smallest absolute Gasteiger partial charge is 0.410 e. The van der Waals surface area contributed by atoms with Gasteiger partial charge in [-0.25, -0.2) is 9.78 Å². The minimum absolute atomic E-state index is 0.122. The Labute approximate surface area is 189 Å². The lowest BCUT2D eigenvalue weighted by atomic mass is 10.0. The van der Waals surface area contributed by atoms with Gasteiger partial charge in [-0.15, -0.1) is 22.7 Å². The van der Waals surface area contributed by atoms with Gasteiger partial charge in [0.25, 0.3) is 0 Å². The molecular formula is C23H25N3O3S2. The first-order valence-corrected chi connectivity index (χ1v) is 11.8. The molecule has 1 aliphatic rings. The predicted octanol–water partition coefficient (Wildman–Crippen LogP) is 5.79. The molecule has 0 spiro atoms. The van der Waals surface area contributed by atoms with Crippen molar-refractivity contribution >= 4 is 39.7 Å². The maximum absolute atomic E-state index is 12.6. The van der Waals surface area contributed by atoms with Gasteiger partial charge in [-0.05, 0) is 32.8 Å². The first-order chi connectivity index (χ1) is 14.7. The lowest BCUT2D eigenvalue weighted by molar-refractivity contribution is -0.114. The molecule has 2 amide bonds. The average Bonchev–Trinajstić information content (AvgIpc) is 3.30. The number of aromatic nitrogens is 1. The van der Waals surface area contributed by atoms with E-state index in [9.17, 15) is 9.59 Å². The summed E-state index contributed by atoms with van der Waals surface area (Å²) in [6.45, 7) is 8.15. The van der Waals surface area contributed by atoms with Gasteiger partial charge in [-0.1, -0.05) is 30.3 Å². The summed E-state index contributed by atoms with van der Waals surface area (Å²) in [6, 6.07) is 10.0. The third kappa shape index (κ3) is 4.80. The number of thiophene rings is 1. The number of carbonyl (C=O) groups is 2. The van der Waals surface area contributed by atoms with E-state index >= 15 is 0 Å². The standard InChI is InChI=1S/C23H25N3O3S2/c1-14(27)24-21-19(20-25-17(13-30-20)15-8-6-5-7-9-15)16-10-11-26(12-18(16)31-21)22(28)29-23(2,3)4/h5-9,13H,10-12H2,1-4H3,(H,24,27).